The minimum atomic E-state index is -0.551. The van der Waals surface area contributed by atoms with Gasteiger partial charge in [-0.05, 0) is 31.2 Å². The fraction of sp³-hybridized carbons (Fsp3) is 0.467. The van der Waals surface area contributed by atoms with Crippen LogP contribution in [0.4, 0.5) is 0 Å². The molecular weight excluding hydrogens is 258 g/mol. The van der Waals surface area contributed by atoms with Gasteiger partial charge in [0.25, 0.3) is 0 Å². The zero-order chi connectivity index (χ0) is 13.3. The van der Waals surface area contributed by atoms with Crippen molar-refractivity contribution in [3.63, 3.8) is 0 Å². The van der Waals surface area contributed by atoms with Crippen molar-refractivity contribution in [1.29, 1.82) is 0 Å². The summed E-state index contributed by atoms with van der Waals surface area (Å²) in [5.41, 5.74) is 0.367. The zero-order valence-corrected chi connectivity index (χ0v) is 11.9. The first-order valence-corrected chi connectivity index (χ1v) is 7.84. The first-order valence-electron chi connectivity index (χ1n) is 6.68. The van der Waals surface area contributed by atoms with Crippen molar-refractivity contribution in [2.24, 2.45) is 0 Å². The number of rotatable bonds is 4. The molecule has 1 fully saturated rings. The second kappa shape index (κ2) is 5.19. The van der Waals surface area contributed by atoms with Crippen LogP contribution in [0.5, 0.6) is 0 Å². The van der Waals surface area contributed by atoms with Gasteiger partial charge in [0.2, 0.25) is 0 Å². The van der Waals surface area contributed by atoms with Gasteiger partial charge in [0.1, 0.15) is 11.3 Å². The molecule has 0 bridgehead atoms. The molecule has 0 amide bonds. The molecular formula is C15H19NO2S. The van der Waals surface area contributed by atoms with Crippen molar-refractivity contribution in [2.75, 3.05) is 18.1 Å². The predicted octanol–water partition coefficient (Wildman–Crippen LogP) is 2.95. The molecule has 102 valence electrons. The third kappa shape index (κ3) is 2.81. The largest absolute Gasteiger partial charge is 0.459 e. The summed E-state index contributed by atoms with van der Waals surface area (Å²) in [5.74, 6) is 2.81. The van der Waals surface area contributed by atoms with Gasteiger partial charge in [0, 0.05) is 17.7 Å². The molecule has 1 aromatic carbocycles. The molecule has 1 saturated heterocycles. The summed E-state index contributed by atoms with van der Waals surface area (Å²) in [4.78, 5) is 0. The maximum Gasteiger partial charge on any atom is 0.134 e. The number of nitrogens with one attached hydrogen (secondary N) is 1. The monoisotopic (exact) mass is 277 g/mol. The van der Waals surface area contributed by atoms with Crippen LogP contribution in [0.25, 0.3) is 11.0 Å². The Morgan fingerprint density at radius 1 is 1.47 bits per heavy atom. The summed E-state index contributed by atoms with van der Waals surface area (Å²) in [6.45, 7) is 2.70. The van der Waals surface area contributed by atoms with Gasteiger partial charge in [-0.1, -0.05) is 18.2 Å². The zero-order valence-electron chi connectivity index (χ0n) is 11.1. The average Bonchev–Trinajstić information content (AvgIpc) is 3.02. The summed E-state index contributed by atoms with van der Waals surface area (Å²) in [7, 11) is 0. The molecule has 2 N–H and O–H groups in total. The van der Waals surface area contributed by atoms with Crippen LogP contribution in [0.2, 0.25) is 0 Å². The molecule has 2 aromatic rings. The van der Waals surface area contributed by atoms with Crippen molar-refractivity contribution >= 4 is 22.7 Å². The lowest BCUT2D eigenvalue weighted by atomic mass is 10.0. The maximum absolute atomic E-state index is 10.3. The van der Waals surface area contributed by atoms with Crippen LogP contribution in [0.3, 0.4) is 0 Å². The van der Waals surface area contributed by atoms with Crippen LogP contribution in [0.15, 0.2) is 34.7 Å². The fourth-order valence-electron chi connectivity index (χ4n) is 2.40. The van der Waals surface area contributed by atoms with Crippen molar-refractivity contribution < 1.29 is 9.52 Å². The van der Waals surface area contributed by atoms with E-state index in [0.29, 0.717) is 6.54 Å². The van der Waals surface area contributed by atoms with Gasteiger partial charge in [-0.3, -0.25) is 0 Å². The number of aliphatic hydroxyl groups is 1. The molecule has 19 heavy (non-hydrogen) atoms. The normalized spacial score (nSPS) is 24.9. The van der Waals surface area contributed by atoms with Crippen LogP contribution >= 0.6 is 11.8 Å². The quantitative estimate of drug-likeness (QED) is 0.902. The molecule has 0 saturated carbocycles. The van der Waals surface area contributed by atoms with E-state index in [-0.39, 0.29) is 6.04 Å². The molecule has 1 aliphatic heterocycles. The first-order chi connectivity index (χ1) is 9.16. The second-order valence-electron chi connectivity index (χ2n) is 5.32. The minimum Gasteiger partial charge on any atom is -0.459 e. The standard InChI is InChI=1S/C15H19NO2S/c1-11(16-9-15(17)6-7-19-10-15)14-8-12-4-2-3-5-13(12)18-14/h2-5,8,11,16-17H,6-7,9-10H2,1H3/t11-,15-/m1/s1. The topological polar surface area (TPSA) is 45.4 Å². The Bertz CT molecular complexity index is 527. The Labute approximate surface area is 117 Å². The number of thioether (sulfide) groups is 1. The Kier molecular flexibility index (Phi) is 3.56. The number of benzene rings is 1. The number of furan rings is 1. The van der Waals surface area contributed by atoms with E-state index in [1.807, 2.05) is 30.0 Å². The van der Waals surface area contributed by atoms with Gasteiger partial charge in [-0.25, -0.2) is 0 Å². The first kappa shape index (κ1) is 13.0. The van der Waals surface area contributed by atoms with Gasteiger partial charge in [0.05, 0.1) is 11.6 Å². The molecule has 3 nitrogen and oxygen atoms in total. The molecule has 0 unspecified atom stereocenters. The lowest BCUT2D eigenvalue weighted by Crippen LogP contribution is -2.41. The highest BCUT2D eigenvalue weighted by atomic mass is 32.2. The van der Waals surface area contributed by atoms with Gasteiger partial charge in [-0.2, -0.15) is 11.8 Å². The average molecular weight is 277 g/mol. The van der Waals surface area contributed by atoms with Crippen molar-refractivity contribution in [3.8, 4) is 0 Å². The molecule has 0 spiro atoms. The van der Waals surface area contributed by atoms with Gasteiger partial charge in [0.15, 0.2) is 0 Å². The van der Waals surface area contributed by atoms with Crippen LogP contribution < -0.4 is 5.32 Å². The van der Waals surface area contributed by atoms with Crippen molar-refractivity contribution in [3.05, 3.63) is 36.1 Å². The number of para-hydroxylation sites is 1. The van der Waals surface area contributed by atoms with E-state index in [2.05, 4.69) is 24.4 Å². The van der Waals surface area contributed by atoms with E-state index < -0.39 is 5.60 Å². The molecule has 1 aromatic heterocycles. The summed E-state index contributed by atoms with van der Waals surface area (Å²) in [5, 5.41) is 14.8. The Balaban J connectivity index is 1.68. The van der Waals surface area contributed by atoms with Crippen LogP contribution in [0.1, 0.15) is 25.1 Å². The lowest BCUT2D eigenvalue weighted by Gasteiger charge is -2.23. The maximum atomic E-state index is 10.3. The van der Waals surface area contributed by atoms with E-state index >= 15 is 0 Å². The highest BCUT2D eigenvalue weighted by Gasteiger charge is 2.31. The Morgan fingerprint density at radius 3 is 3.05 bits per heavy atom. The van der Waals surface area contributed by atoms with Gasteiger partial charge >= 0.3 is 0 Å². The highest BCUT2D eigenvalue weighted by molar-refractivity contribution is 7.99. The predicted molar refractivity (Wildman–Crippen MR) is 79.5 cm³/mol. The van der Waals surface area contributed by atoms with E-state index in [9.17, 15) is 5.11 Å². The van der Waals surface area contributed by atoms with Crippen molar-refractivity contribution in [2.45, 2.75) is 25.0 Å². The summed E-state index contributed by atoms with van der Waals surface area (Å²) >= 11 is 1.82. The molecule has 2 atom stereocenters. The van der Waals surface area contributed by atoms with Crippen molar-refractivity contribution in [1.82, 2.24) is 5.32 Å². The van der Waals surface area contributed by atoms with Crippen LogP contribution in [-0.2, 0) is 0 Å². The highest BCUT2D eigenvalue weighted by Crippen LogP contribution is 2.28. The third-order valence-electron chi connectivity index (χ3n) is 3.69. The number of hydrogen-bond donors (Lipinski definition) is 2. The van der Waals surface area contributed by atoms with Gasteiger partial charge < -0.3 is 14.8 Å². The molecule has 0 aliphatic carbocycles. The lowest BCUT2D eigenvalue weighted by molar-refractivity contribution is 0.0645. The smallest absolute Gasteiger partial charge is 0.134 e. The summed E-state index contributed by atoms with van der Waals surface area (Å²) in [6, 6.07) is 10.2. The third-order valence-corrected chi connectivity index (χ3v) is 4.93. The summed E-state index contributed by atoms with van der Waals surface area (Å²) < 4.78 is 5.83. The van der Waals surface area contributed by atoms with Gasteiger partial charge in [-0.15, -0.1) is 0 Å². The Hall–Kier alpha value is -0.970. The van der Waals surface area contributed by atoms with E-state index in [1.54, 1.807) is 0 Å². The molecule has 1 aliphatic rings. The van der Waals surface area contributed by atoms with Crippen LogP contribution in [0, 0.1) is 0 Å². The van der Waals surface area contributed by atoms with E-state index in [0.717, 1.165) is 34.7 Å². The van der Waals surface area contributed by atoms with Crippen LogP contribution in [-0.4, -0.2) is 28.8 Å². The number of hydrogen-bond acceptors (Lipinski definition) is 4. The minimum absolute atomic E-state index is 0.113. The summed E-state index contributed by atoms with van der Waals surface area (Å²) in [6.07, 6.45) is 0.873. The second-order valence-corrected chi connectivity index (χ2v) is 6.42. The Morgan fingerprint density at radius 2 is 2.32 bits per heavy atom. The number of fused-ring (bicyclic) bond motifs is 1. The van der Waals surface area contributed by atoms with E-state index in [1.165, 1.54) is 0 Å². The molecule has 4 heteroatoms. The molecule has 2 heterocycles. The molecule has 0 radical (unpaired) electrons. The SMILES string of the molecule is C[C@@H](NC[C@]1(O)CCSC1)c1cc2ccccc2o1. The fourth-order valence-corrected chi connectivity index (χ4v) is 3.69. The molecule has 3 rings (SSSR count). The van der Waals surface area contributed by atoms with E-state index in [4.69, 9.17) is 4.42 Å².